The first kappa shape index (κ1) is 8.87. The molecule has 0 aromatic rings. The lowest BCUT2D eigenvalue weighted by molar-refractivity contribution is -0.136. The first-order valence-electron chi connectivity index (χ1n) is 3.70. The lowest BCUT2D eigenvalue weighted by atomic mass is 10.3. The summed E-state index contributed by atoms with van der Waals surface area (Å²) in [5.74, 6) is -0.704. The van der Waals surface area contributed by atoms with Gasteiger partial charge in [-0.2, -0.15) is 0 Å². The van der Waals surface area contributed by atoms with Crippen molar-refractivity contribution < 1.29 is 14.6 Å². The quantitative estimate of drug-likeness (QED) is 0.693. The zero-order valence-corrected chi connectivity index (χ0v) is 7.26. The number of carboxylic acids is 1. The first-order valence-corrected chi connectivity index (χ1v) is 4.64. The molecule has 1 aliphatic rings. The lowest BCUT2D eigenvalue weighted by Crippen LogP contribution is -2.34. The lowest BCUT2D eigenvalue weighted by Gasteiger charge is -2.27. The highest BCUT2D eigenvalue weighted by atomic mass is 32.2. The third-order valence-corrected chi connectivity index (χ3v) is 3.13. The number of hydrogen-bond donors (Lipinski definition) is 1. The van der Waals surface area contributed by atoms with Crippen LogP contribution in [0.1, 0.15) is 13.3 Å². The van der Waals surface area contributed by atoms with Crippen LogP contribution in [0.2, 0.25) is 0 Å². The number of carbonyl (C=O) groups is 1. The van der Waals surface area contributed by atoms with Gasteiger partial charge in [-0.15, -0.1) is 11.8 Å². The van der Waals surface area contributed by atoms with E-state index in [0.717, 1.165) is 0 Å². The Hall–Kier alpha value is -0.220. The maximum Gasteiger partial charge on any atom is 0.316 e. The maximum absolute atomic E-state index is 10.5. The van der Waals surface area contributed by atoms with Crippen molar-refractivity contribution in [3.63, 3.8) is 0 Å². The van der Waals surface area contributed by atoms with Crippen LogP contribution < -0.4 is 0 Å². The fraction of sp³-hybridized carbons (Fsp3) is 0.857. The molecule has 1 atom stereocenters. The van der Waals surface area contributed by atoms with Gasteiger partial charge in [-0.1, -0.05) is 6.92 Å². The van der Waals surface area contributed by atoms with Gasteiger partial charge in [0.15, 0.2) is 0 Å². The van der Waals surface area contributed by atoms with E-state index in [1.807, 2.05) is 6.92 Å². The third-order valence-electron chi connectivity index (χ3n) is 1.61. The average Bonchev–Trinajstić information content (AvgIpc) is 1.85. The minimum atomic E-state index is -0.704. The van der Waals surface area contributed by atoms with Crippen LogP contribution in [0.4, 0.5) is 0 Å². The highest BCUT2D eigenvalue weighted by Gasteiger charge is 2.26. The summed E-state index contributed by atoms with van der Waals surface area (Å²) in [5.41, 5.74) is 0. The van der Waals surface area contributed by atoms with Crippen molar-refractivity contribution in [3.8, 4) is 0 Å². The largest absolute Gasteiger partial charge is 0.480 e. The smallest absolute Gasteiger partial charge is 0.316 e. The zero-order chi connectivity index (χ0) is 8.27. The van der Waals surface area contributed by atoms with E-state index in [1.165, 1.54) is 11.8 Å². The van der Waals surface area contributed by atoms with E-state index in [4.69, 9.17) is 9.84 Å². The summed E-state index contributed by atoms with van der Waals surface area (Å²) in [5, 5.41) is 8.85. The van der Waals surface area contributed by atoms with Crippen molar-refractivity contribution >= 4 is 17.7 Å². The molecule has 0 aliphatic carbocycles. The number of hydrogen-bond acceptors (Lipinski definition) is 3. The topological polar surface area (TPSA) is 46.5 Å². The predicted molar refractivity (Wildman–Crippen MR) is 43.9 cm³/mol. The molecule has 64 valence electrons. The Morgan fingerprint density at radius 1 is 1.82 bits per heavy atom. The molecule has 1 fully saturated rings. The molecule has 1 aliphatic heterocycles. The van der Waals surface area contributed by atoms with Gasteiger partial charge in [0.25, 0.3) is 0 Å². The van der Waals surface area contributed by atoms with Crippen molar-refractivity contribution in [2.24, 2.45) is 0 Å². The molecule has 0 bridgehead atoms. The highest BCUT2D eigenvalue weighted by molar-refractivity contribution is 8.01. The predicted octanol–water partition coefficient (Wildman–Crippen LogP) is 0.982. The molecule has 0 saturated carbocycles. The molecule has 11 heavy (non-hydrogen) atoms. The third kappa shape index (κ3) is 2.38. The molecule has 1 heterocycles. The van der Waals surface area contributed by atoms with Crippen LogP contribution >= 0.6 is 11.8 Å². The van der Waals surface area contributed by atoms with Gasteiger partial charge in [0.05, 0.1) is 18.5 Å². The van der Waals surface area contributed by atoms with Crippen molar-refractivity contribution in [1.29, 1.82) is 0 Å². The van der Waals surface area contributed by atoms with Crippen molar-refractivity contribution in [1.82, 2.24) is 0 Å². The normalized spacial score (nSPS) is 20.8. The molecule has 0 amide bonds. The summed E-state index contributed by atoms with van der Waals surface area (Å²) in [6.07, 6.45) is 0.691. The Kier molecular flexibility index (Phi) is 3.20. The fourth-order valence-corrected chi connectivity index (χ4v) is 1.98. The monoisotopic (exact) mass is 176 g/mol. The molecular formula is C7H12O3S. The van der Waals surface area contributed by atoms with Crippen LogP contribution in [0.15, 0.2) is 0 Å². The number of carboxylic acid groups (broad SMARTS) is 1. The SMILES string of the molecule is CCC(SC1COC1)C(=O)O. The van der Waals surface area contributed by atoms with Gasteiger partial charge in [-0.05, 0) is 6.42 Å². The van der Waals surface area contributed by atoms with Gasteiger partial charge in [0.2, 0.25) is 0 Å². The van der Waals surface area contributed by atoms with Crippen LogP contribution in [0.25, 0.3) is 0 Å². The summed E-state index contributed by atoms with van der Waals surface area (Å²) in [6, 6.07) is 0. The van der Waals surface area contributed by atoms with Gasteiger partial charge in [-0.25, -0.2) is 0 Å². The maximum atomic E-state index is 10.5. The van der Waals surface area contributed by atoms with Crippen LogP contribution in [0.3, 0.4) is 0 Å². The summed E-state index contributed by atoms with van der Waals surface area (Å²) in [4.78, 5) is 10.5. The summed E-state index contributed by atoms with van der Waals surface area (Å²) < 4.78 is 4.95. The van der Waals surface area contributed by atoms with E-state index in [1.54, 1.807) is 0 Å². The molecule has 0 aromatic carbocycles. The minimum absolute atomic E-state index is 0.246. The molecule has 3 nitrogen and oxygen atoms in total. The molecule has 0 radical (unpaired) electrons. The Morgan fingerprint density at radius 2 is 2.45 bits per heavy atom. The van der Waals surface area contributed by atoms with Crippen LogP contribution in [0.5, 0.6) is 0 Å². The van der Waals surface area contributed by atoms with Gasteiger partial charge in [0.1, 0.15) is 5.25 Å². The second-order valence-corrected chi connectivity index (χ2v) is 4.04. The summed E-state index contributed by atoms with van der Waals surface area (Å²) in [6.45, 7) is 3.33. The van der Waals surface area contributed by atoms with E-state index in [2.05, 4.69) is 0 Å². The van der Waals surface area contributed by atoms with E-state index in [9.17, 15) is 4.79 Å². The Balaban J connectivity index is 2.24. The van der Waals surface area contributed by atoms with E-state index < -0.39 is 5.97 Å². The Labute approximate surface area is 70.1 Å². The summed E-state index contributed by atoms with van der Waals surface area (Å²) in [7, 11) is 0. The van der Waals surface area contributed by atoms with E-state index in [-0.39, 0.29) is 5.25 Å². The van der Waals surface area contributed by atoms with Crippen molar-refractivity contribution in [2.45, 2.75) is 23.8 Å². The summed E-state index contributed by atoms with van der Waals surface area (Å²) >= 11 is 1.52. The zero-order valence-electron chi connectivity index (χ0n) is 6.45. The molecule has 1 rings (SSSR count). The first-order chi connectivity index (χ1) is 5.24. The molecule has 0 spiro atoms. The number of thioether (sulfide) groups is 1. The van der Waals surface area contributed by atoms with Crippen LogP contribution in [0, 0.1) is 0 Å². The van der Waals surface area contributed by atoms with E-state index in [0.29, 0.717) is 24.9 Å². The van der Waals surface area contributed by atoms with Crippen molar-refractivity contribution in [2.75, 3.05) is 13.2 Å². The Morgan fingerprint density at radius 3 is 2.73 bits per heavy atom. The molecule has 0 aromatic heterocycles. The fourth-order valence-electron chi connectivity index (χ4n) is 0.854. The van der Waals surface area contributed by atoms with Crippen molar-refractivity contribution in [3.05, 3.63) is 0 Å². The van der Waals surface area contributed by atoms with Crippen LogP contribution in [-0.4, -0.2) is 34.8 Å². The second kappa shape index (κ2) is 3.97. The highest BCUT2D eigenvalue weighted by Crippen LogP contribution is 2.25. The minimum Gasteiger partial charge on any atom is -0.480 e. The molecule has 4 heteroatoms. The molecule has 1 saturated heterocycles. The van der Waals surface area contributed by atoms with E-state index >= 15 is 0 Å². The molecule has 1 unspecified atom stereocenters. The molecule has 1 N–H and O–H groups in total. The average molecular weight is 176 g/mol. The number of rotatable bonds is 4. The van der Waals surface area contributed by atoms with Gasteiger partial charge < -0.3 is 9.84 Å². The van der Waals surface area contributed by atoms with Gasteiger partial charge >= 0.3 is 5.97 Å². The number of ether oxygens (including phenoxy) is 1. The number of aliphatic carboxylic acids is 1. The van der Waals surface area contributed by atoms with Gasteiger partial charge in [-0.3, -0.25) is 4.79 Å². The van der Waals surface area contributed by atoms with Crippen LogP contribution in [-0.2, 0) is 9.53 Å². The van der Waals surface area contributed by atoms with Gasteiger partial charge in [0, 0.05) is 0 Å². The molecular weight excluding hydrogens is 164 g/mol. The Bertz CT molecular complexity index is 145. The standard InChI is InChI=1S/C7H12O3S/c1-2-6(7(8)9)11-5-3-10-4-5/h5-6H,2-4H2,1H3,(H,8,9). The second-order valence-electron chi connectivity index (χ2n) is 2.53.